The van der Waals surface area contributed by atoms with Crippen molar-refractivity contribution in [2.75, 3.05) is 18.0 Å². The molecular weight excluding hydrogens is 312 g/mol. The molecule has 2 fully saturated rings. The summed E-state index contributed by atoms with van der Waals surface area (Å²) >= 11 is 0. The Morgan fingerprint density at radius 3 is 2.88 bits per heavy atom. The zero-order chi connectivity index (χ0) is 16.6. The van der Waals surface area contributed by atoms with Crippen molar-refractivity contribution in [2.24, 2.45) is 0 Å². The van der Waals surface area contributed by atoms with Crippen molar-refractivity contribution in [2.45, 2.75) is 37.8 Å². The fourth-order valence-electron chi connectivity index (χ4n) is 3.87. The lowest BCUT2D eigenvalue weighted by Crippen LogP contribution is -2.46. The summed E-state index contributed by atoms with van der Waals surface area (Å²) in [5, 5.41) is 4.96. The third-order valence-corrected chi connectivity index (χ3v) is 5.22. The molecule has 0 amide bonds. The zero-order valence-electron chi connectivity index (χ0n) is 14.2. The van der Waals surface area contributed by atoms with Crippen LogP contribution in [0.3, 0.4) is 0 Å². The normalized spacial score (nSPS) is 21.0. The Labute approximate surface area is 146 Å². The first-order chi connectivity index (χ1) is 12.4. The molecular formula is C19H22N6. The van der Waals surface area contributed by atoms with Crippen LogP contribution in [0.25, 0.3) is 22.3 Å². The molecule has 1 aliphatic carbocycles. The average molecular weight is 334 g/mol. The smallest absolute Gasteiger partial charge is 0.140 e. The van der Waals surface area contributed by atoms with E-state index in [0.29, 0.717) is 6.04 Å². The molecule has 0 radical (unpaired) electrons. The first kappa shape index (κ1) is 14.8. The van der Waals surface area contributed by atoms with E-state index in [-0.39, 0.29) is 0 Å². The van der Waals surface area contributed by atoms with Crippen LogP contribution in [0.2, 0.25) is 0 Å². The van der Waals surface area contributed by atoms with E-state index in [4.69, 9.17) is 0 Å². The van der Waals surface area contributed by atoms with E-state index in [1.165, 1.54) is 31.4 Å². The summed E-state index contributed by atoms with van der Waals surface area (Å²) in [5.74, 6) is 0. The van der Waals surface area contributed by atoms with Crippen molar-refractivity contribution in [3.05, 3.63) is 37.1 Å². The molecule has 2 N–H and O–H groups in total. The predicted octanol–water partition coefficient (Wildman–Crippen LogP) is 2.74. The molecule has 6 heteroatoms. The quantitative estimate of drug-likeness (QED) is 0.768. The van der Waals surface area contributed by atoms with Crippen molar-refractivity contribution < 1.29 is 0 Å². The molecule has 1 saturated carbocycles. The monoisotopic (exact) mass is 334 g/mol. The number of piperidine rings is 1. The van der Waals surface area contributed by atoms with Gasteiger partial charge in [0.25, 0.3) is 0 Å². The number of anilines is 1. The van der Waals surface area contributed by atoms with Gasteiger partial charge in [0.15, 0.2) is 0 Å². The summed E-state index contributed by atoms with van der Waals surface area (Å²) in [6.07, 6.45) is 12.5. The van der Waals surface area contributed by atoms with Gasteiger partial charge in [0.1, 0.15) is 12.0 Å². The van der Waals surface area contributed by atoms with Gasteiger partial charge < -0.3 is 15.2 Å². The molecule has 128 valence electrons. The van der Waals surface area contributed by atoms with Gasteiger partial charge in [-0.05, 0) is 37.8 Å². The number of hydrogen-bond donors (Lipinski definition) is 2. The molecule has 6 nitrogen and oxygen atoms in total. The molecule has 3 aromatic heterocycles. The van der Waals surface area contributed by atoms with Gasteiger partial charge in [-0.25, -0.2) is 15.0 Å². The molecule has 5 rings (SSSR count). The Morgan fingerprint density at radius 2 is 2.04 bits per heavy atom. The standard InChI is InChI=1S/C19H22N6/c1-2-14(24-13-3-4-13)11-25(9-1)17-6-8-21-19-18(17)15(10-22-19)16-5-7-20-12-23-16/h5-8,10,12-14,24H,1-4,9,11H2,(H,21,22)/t14-/m0/s1. The lowest BCUT2D eigenvalue weighted by Gasteiger charge is -2.35. The molecule has 0 bridgehead atoms. The molecule has 0 aromatic carbocycles. The number of rotatable bonds is 4. The molecule has 1 saturated heterocycles. The number of hydrogen-bond acceptors (Lipinski definition) is 5. The minimum atomic E-state index is 0.589. The van der Waals surface area contributed by atoms with Crippen LogP contribution in [0.4, 0.5) is 5.69 Å². The van der Waals surface area contributed by atoms with Crippen LogP contribution >= 0.6 is 0 Å². The molecule has 2 aliphatic rings. The van der Waals surface area contributed by atoms with E-state index in [0.717, 1.165) is 41.4 Å². The van der Waals surface area contributed by atoms with Crippen molar-refractivity contribution >= 4 is 16.7 Å². The fourth-order valence-corrected chi connectivity index (χ4v) is 3.87. The van der Waals surface area contributed by atoms with Crippen molar-refractivity contribution in [3.63, 3.8) is 0 Å². The summed E-state index contributed by atoms with van der Waals surface area (Å²) in [7, 11) is 0. The van der Waals surface area contributed by atoms with E-state index in [1.54, 1.807) is 12.5 Å². The third-order valence-electron chi connectivity index (χ3n) is 5.22. The molecule has 4 heterocycles. The number of H-pyrrole nitrogens is 1. The molecule has 1 atom stereocenters. The second-order valence-electron chi connectivity index (χ2n) is 7.08. The first-order valence-electron chi connectivity index (χ1n) is 9.12. The predicted molar refractivity (Wildman–Crippen MR) is 98.5 cm³/mol. The number of aromatic nitrogens is 4. The molecule has 1 aliphatic heterocycles. The Morgan fingerprint density at radius 1 is 1.08 bits per heavy atom. The molecule has 25 heavy (non-hydrogen) atoms. The van der Waals surface area contributed by atoms with Crippen molar-refractivity contribution in [1.29, 1.82) is 0 Å². The van der Waals surface area contributed by atoms with Gasteiger partial charge in [-0.3, -0.25) is 0 Å². The van der Waals surface area contributed by atoms with Crippen LogP contribution in [0.15, 0.2) is 37.1 Å². The van der Waals surface area contributed by atoms with Crippen LogP contribution in [0.1, 0.15) is 25.7 Å². The van der Waals surface area contributed by atoms with E-state index in [1.807, 2.05) is 18.5 Å². The van der Waals surface area contributed by atoms with E-state index < -0.39 is 0 Å². The number of pyridine rings is 1. The summed E-state index contributed by atoms with van der Waals surface area (Å²) < 4.78 is 0. The van der Waals surface area contributed by atoms with Crippen LogP contribution in [-0.4, -0.2) is 45.1 Å². The van der Waals surface area contributed by atoms with Crippen LogP contribution in [-0.2, 0) is 0 Å². The minimum Gasteiger partial charge on any atom is -0.369 e. The summed E-state index contributed by atoms with van der Waals surface area (Å²) in [5.41, 5.74) is 4.20. The lowest BCUT2D eigenvalue weighted by atomic mass is 10.0. The number of aromatic amines is 1. The highest BCUT2D eigenvalue weighted by Crippen LogP contribution is 2.35. The Bertz CT molecular complexity index is 870. The van der Waals surface area contributed by atoms with Crippen molar-refractivity contribution in [1.82, 2.24) is 25.3 Å². The van der Waals surface area contributed by atoms with Crippen LogP contribution in [0, 0.1) is 0 Å². The SMILES string of the molecule is c1cc(-c2c[nH]c3nccc(N4CCC[C@H](NC5CC5)C4)c23)ncn1. The second kappa shape index (κ2) is 6.11. The van der Waals surface area contributed by atoms with Gasteiger partial charge in [0.2, 0.25) is 0 Å². The van der Waals surface area contributed by atoms with Gasteiger partial charge in [-0.15, -0.1) is 0 Å². The number of nitrogens with one attached hydrogen (secondary N) is 2. The molecule has 3 aromatic rings. The second-order valence-corrected chi connectivity index (χ2v) is 7.08. The van der Waals surface area contributed by atoms with Crippen LogP contribution in [0.5, 0.6) is 0 Å². The highest BCUT2D eigenvalue weighted by molar-refractivity contribution is 6.01. The number of nitrogens with zero attached hydrogens (tertiary/aromatic N) is 4. The lowest BCUT2D eigenvalue weighted by molar-refractivity contribution is 0.421. The van der Waals surface area contributed by atoms with E-state index in [2.05, 4.69) is 36.2 Å². The zero-order valence-corrected chi connectivity index (χ0v) is 14.2. The maximum atomic E-state index is 4.52. The van der Waals surface area contributed by atoms with Gasteiger partial charge in [-0.2, -0.15) is 0 Å². The maximum absolute atomic E-state index is 4.52. The average Bonchev–Trinajstić information content (AvgIpc) is 3.37. The topological polar surface area (TPSA) is 69.7 Å². The van der Waals surface area contributed by atoms with E-state index >= 15 is 0 Å². The van der Waals surface area contributed by atoms with Gasteiger partial charge in [0.05, 0.1) is 16.8 Å². The summed E-state index contributed by atoms with van der Waals surface area (Å²) in [6, 6.07) is 5.44. The Kier molecular flexibility index (Phi) is 3.63. The minimum absolute atomic E-state index is 0.589. The van der Waals surface area contributed by atoms with Crippen LogP contribution < -0.4 is 10.2 Å². The highest BCUT2D eigenvalue weighted by Gasteiger charge is 2.28. The fraction of sp³-hybridized carbons (Fsp3) is 0.421. The molecule has 0 spiro atoms. The van der Waals surface area contributed by atoms with Crippen molar-refractivity contribution in [3.8, 4) is 11.3 Å². The Balaban J connectivity index is 1.53. The number of fused-ring (bicyclic) bond motifs is 1. The van der Waals surface area contributed by atoms with Gasteiger partial charge in [-0.1, -0.05) is 0 Å². The van der Waals surface area contributed by atoms with Gasteiger partial charge >= 0.3 is 0 Å². The summed E-state index contributed by atoms with van der Waals surface area (Å²) in [4.78, 5) is 18.8. The van der Waals surface area contributed by atoms with E-state index in [9.17, 15) is 0 Å². The highest BCUT2D eigenvalue weighted by atomic mass is 15.2. The Hall–Kier alpha value is -2.47. The largest absolute Gasteiger partial charge is 0.369 e. The third kappa shape index (κ3) is 2.87. The molecule has 0 unspecified atom stereocenters. The first-order valence-corrected chi connectivity index (χ1v) is 9.12. The summed E-state index contributed by atoms with van der Waals surface area (Å²) in [6.45, 7) is 2.15. The maximum Gasteiger partial charge on any atom is 0.140 e. The van der Waals surface area contributed by atoms with Gasteiger partial charge in [0, 0.05) is 49.3 Å².